The van der Waals surface area contributed by atoms with E-state index in [0.717, 1.165) is 12.8 Å². The number of carbonyl (C=O) groups is 2. The van der Waals surface area contributed by atoms with Gasteiger partial charge in [-0.3, -0.25) is 14.5 Å². The molecule has 0 radical (unpaired) electrons. The highest BCUT2D eigenvalue weighted by Crippen LogP contribution is 2.32. The molecule has 1 saturated heterocycles. The van der Waals surface area contributed by atoms with E-state index in [-0.39, 0.29) is 29.3 Å². The number of nitrogens with zero attached hydrogens (tertiary/aromatic N) is 1. The summed E-state index contributed by atoms with van der Waals surface area (Å²) in [7, 11) is 0. The van der Waals surface area contributed by atoms with Gasteiger partial charge in [0.05, 0.1) is 6.42 Å². The lowest BCUT2D eigenvalue weighted by molar-refractivity contribution is -0.139. The molecule has 2 fully saturated rings. The number of carbonyl (C=O) groups excluding carboxylic acids is 2. The fourth-order valence-corrected chi connectivity index (χ4v) is 2.54. The van der Waals surface area contributed by atoms with Crippen molar-refractivity contribution in [3.8, 4) is 0 Å². The van der Waals surface area contributed by atoms with Crippen molar-refractivity contribution in [2.75, 3.05) is 5.32 Å². The second-order valence-corrected chi connectivity index (χ2v) is 5.33. The zero-order valence-corrected chi connectivity index (χ0v) is 10.8. The summed E-state index contributed by atoms with van der Waals surface area (Å²) in [5, 5.41) is 3.13. The van der Waals surface area contributed by atoms with Gasteiger partial charge in [-0.25, -0.2) is 4.39 Å². The molecule has 0 spiro atoms. The van der Waals surface area contributed by atoms with Crippen LogP contribution >= 0.6 is 11.6 Å². The summed E-state index contributed by atoms with van der Waals surface area (Å²) in [6.07, 6.45) is 1.88. The number of halogens is 2. The molecular weight excluding hydrogens is 271 g/mol. The molecule has 0 bridgehead atoms. The van der Waals surface area contributed by atoms with Crippen molar-refractivity contribution in [3.63, 3.8) is 0 Å². The molecule has 100 valence electrons. The molecule has 1 heterocycles. The maximum Gasteiger partial charge on any atom is 0.252 e. The van der Waals surface area contributed by atoms with Gasteiger partial charge in [-0.1, -0.05) is 11.6 Å². The third-order valence-corrected chi connectivity index (χ3v) is 3.52. The molecule has 1 aromatic carbocycles. The fraction of sp³-hybridized carbons (Fsp3) is 0.385. The molecule has 2 aliphatic rings. The van der Waals surface area contributed by atoms with E-state index in [4.69, 9.17) is 11.6 Å². The smallest absolute Gasteiger partial charge is 0.252 e. The summed E-state index contributed by atoms with van der Waals surface area (Å²) < 4.78 is 13.2. The SMILES string of the molecule is O=C1CC(Nc2cc(F)cc(Cl)c2)C(=O)N1C1CC1. The Morgan fingerprint density at radius 1 is 1.26 bits per heavy atom. The van der Waals surface area contributed by atoms with Crippen molar-refractivity contribution in [2.24, 2.45) is 0 Å². The molecule has 3 rings (SSSR count). The van der Waals surface area contributed by atoms with Crippen LogP contribution in [0.25, 0.3) is 0 Å². The van der Waals surface area contributed by atoms with Gasteiger partial charge in [-0.05, 0) is 31.0 Å². The van der Waals surface area contributed by atoms with E-state index in [1.54, 1.807) is 0 Å². The van der Waals surface area contributed by atoms with Crippen molar-refractivity contribution in [1.82, 2.24) is 4.90 Å². The molecule has 1 unspecified atom stereocenters. The van der Waals surface area contributed by atoms with E-state index in [2.05, 4.69) is 5.32 Å². The van der Waals surface area contributed by atoms with E-state index >= 15 is 0 Å². The molecule has 1 aliphatic carbocycles. The number of hydrogen-bond acceptors (Lipinski definition) is 3. The third-order valence-electron chi connectivity index (χ3n) is 3.30. The largest absolute Gasteiger partial charge is 0.373 e. The highest BCUT2D eigenvalue weighted by molar-refractivity contribution is 6.30. The lowest BCUT2D eigenvalue weighted by Gasteiger charge is -2.15. The number of benzene rings is 1. The summed E-state index contributed by atoms with van der Waals surface area (Å²) in [6.45, 7) is 0. The Morgan fingerprint density at radius 2 is 2.00 bits per heavy atom. The minimum Gasteiger partial charge on any atom is -0.373 e. The second-order valence-electron chi connectivity index (χ2n) is 4.89. The van der Waals surface area contributed by atoms with Gasteiger partial charge in [-0.2, -0.15) is 0 Å². The maximum atomic E-state index is 13.2. The summed E-state index contributed by atoms with van der Waals surface area (Å²) in [6, 6.07) is 3.42. The molecule has 1 aliphatic heterocycles. The molecule has 19 heavy (non-hydrogen) atoms. The van der Waals surface area contributed by atoms with Crippen molar-refractivity contribution in [3.05, 3.63) is 29.0 Å². The van der Waals surface area contributed by atoms with Gasteiger partial charge < -0.3 is 5.32 Å². The first-order chi connectivity index (χ1) is 9.04. The second kappa shape index (κ2) is 4.49. The van der Waals surface area contributed by atoms with Crippen LogP contribution in [0.3, 0.4) is 0 Å². The molecule has 0 aromatic heterocycles. The van der Waals surface area contributed by atoms with E-state index in [1.165, 1.54) is 23.1 Å². The molecule has 1 saturated carbocycles. The Labute approximate surface area is 114 Å². The van der Waals surface area contributed by atoms with Crippen molar-refractivity contribution >= 4 is 29.1 Å². The highest BCUT2D eigenvalue weighted by atomic mass is 35.5. The van der Waals surface area contributed by atoms with Gasteiger partial charge in [0.2, 0.25) is 5.91 Å². The first-order valence-corrected chi connectivity index (χ1v) is 6.51. The fourth-order valence-electron chi connectivity index (χ4n) is 2.32. The van der Waals surface area contributed by atoms with Crippen LogP contribution in [-0.4, -0.2) is 28.8 Å². The lowest BCUT2D eigenvalue weighted by atomic mass is 10.2. The minimum atomic E-state index is -0.619. The number of imide groups is 1. The van der Waals surface area contributed by atoms with Crippen LogP contribution in [0.5, 0.6) is 0 Å². The Kier molecular flexibility index (Phi) is 2.93. The molecule has 1 aromatic rings. The van der Waals surface area contributed by atoms with Gasteiger partial charge >= 0.3 is 0 Å². The Hall–Kier alpha value is -1.62. The molecule has 2 amide bonds. The number of nitrogens with one attached hydrogen (secondary N) is 1. The van der Waals surface area contributed by atoms with Gasteiger partial charge in [0.15, 0.2) is 0 Å². The van der Waals surface area contributed by atoms with E-state index in [0.29, 0.717) is 5.69 Å². The van der Waals surface area contributed by atoms with Crippen LogP contribution in [0.4, 0.5) is 10.1 Å². The standard InChI is InChI=1S/C13H12ClFN2O2/c14-7-3-8(15)5-9(4-7)16-11-6-12(18)17(13(11)19)10-1-2-10/h3-5,10-11,16H,1-2,6H2. The number of anilines is 1. The van der Waals surface area contributed by atoms with Crippen molar-refractivity contribution in [1.29, 1.82) is 0 Å². The summed E-state index contributed by atoms with van der Waals surface area (Å²) in [4.78, 5) is 25.2. The van der Waals surface area contributed by atoms with Crippen LogP contribution in [0.2, 0.25) is 5.02 Å². The first kappa shape index (κ1) is 12.4. The van der Waals surface area contributed by atoms with Crippen LogP contribution < -0.4 is 5.32 Å². The van der Waals surface area contributed by atoms with Gasteiger partial charge in [0, 0.05) is 16.8 Å². The topological polar surface area (TPSA) is 49.4 Å². The minimum absolute atomic E-state index is 0.0721. The molecule has 1 N–H and O–H groups in total. The zero-order valence-electron chi connectivity index (χ0n) is 10.0. The van der Waals surface area contributed by atoms with Crippen LogP contribution in [0.15, 0.2) is 18.2 Å². The van der Waals surface area contributed by atoms with Crippen molar-refractivity contribution < 1.29 is 14.0 Å². The average molecular weight is 283 g/mol. The number of amides is 2. The van der Waals surface area contributed by atoms with Gasteiger partial charge in [-0.15, -0.1) is 0 Å². The summed E-state index contributed by atoms with van der Waals surface area (Å²) in [5.74, 6) is -0.869. The molecule has 4 nitrogen and oxygen atoms in total. The Bertz CT molecular complexity index is 539. The number of likely N-dealkylation sites (tertiary alicyclic amines) is 1. The molecule has 1 atom stereocenters. The Balaban J connectivity index is 1.76. The third kappa shape index (κ3) is 2.42. The van der Waals surface area contributed by atoms with Crippen LogP contribution in [-0.2, 0) is 9.59 Å². The maximum absolute atomic E-state index is 13.2. The first-order valence-electron chi connectivity index (χ1n) is 6.13. The Morgan fingerprint density at radius 3 is 2.63 bits per heavy atom. The van der Waals surface area contributed by atoms with Gasteiger partial charge in [0.25, 0.3) is 5.91 Å². The quantitative estimate of drug-likeness (QED) is 0.865. The number of hydrogen-bond donors (Lipinski definition) is 1. The summed E-state index contributed by atoms with van der Waals surface area (Å²) in [5.41, 5.74) is 0.411. The van der Waals surface area contributed by atoms with Crippen LogP contribution in [0, 0.1) is 5.82 Å². The van der Waals surface area contributed by atoms with Crippen LogP contribution in [0.1, 0.15) is 19.3 Å². The average Bonchev–Trinajstić information content (AvgIpc) is 3.07. The highest BCUT2D eigenvalue weighted by Gasteiger charge is 2.46. The predicted octanol–water partition coefficient (Wildman–Crippen LogP) is 2.18. The number of rotatable bonds is 3. The molecular formula is C13H12ClFN2O2. The monoisotopic (exact) mass is 282 g/mol. The van der Waals surface area contributed by atoms with E-state index < -0.39 is 11.9 Å². The predicted molar refractivity (Wildman–Crippen MR) is 68.3 cm³/mol. The van der Waals surface area contributed by atoms with Crippen molar-refractivity contribution in [2.45, 2.75) is 31.3 Å². The van der Waals surface area contributed by atoms with Gasteiger partial charge in [0.1, 0.15) is 11.9 Å². The van der Waals surface area contributed by atoms with E-state index in [9.17, 15) is 14.0 Å². The summed E-state index contributed by atoms with van der Waals surface area (Å²) >= 11 is 5.75. The molecule has 6 heteroatoms. The normalized spacial score (nSPS) is 23.1. The van der Waals surface area contributed by atoms with E-state index in [1.807, 2.05) is 0 Å². The zero-order chi connectivity index (χ0) is 13.6. The lowest BCUT2D eigenvalue weighted by Crippen LogP contribution is -2.36.